The first kappa shape index (κ1) is 34.3. The smallest absolute Gasteiger partial charge is 0.0655 e. The van der Waals surface area contributed by atoms with Crippen molar-refractivity contribution in [1.29, 1.82) is 0 Å². The minimum Gasteiger partial charge on any atom is -0.310 e. The molecule has 1 aliphatic carbocycles. The van der Waals surface area contributed by atoms with Crippen molar-refractivity contribution in [2.24, 2.45) is 0 Å². The van der Waals surface area contributed by atoms with Crippen LogP contribution in [0.5, 0.6) is 0 Å². The first-order valence-corrected chi connectivity index (χ1v) is 20.8. The SMILES string of the molecule is CC1(C)c2ccccc2-c2ccc(N(c3ccc(-c4ccccc4)cc3)c3ccc(-c4cc5c(s4)c4ccccc4n5-c4ccc(-c5ccccc5)cc4)cc3)cc21. The lowest BCUT2D eigenvalue weighted by atomic mass is 9.82. The lowest BCUT2D eigenvalue weighted by Gasteiger charge is -2.28. The number of fused-ring (bicyclic) bond motifs is 6. The van der Waals surface area contributed by atoms with Crippen LogP contribution in [0.1, 0.15) is 25.0 Å². The zero-order valence-electron chi connectivity index (χ0n) is 32.4. The maximum absolute atomic E-state index is 2.42. The Hall–Kier alpha value is -6.94. The van der Waals surface area contributed by atoms with Crippen molar-refractivity contribution >= 4 is 49.5 Å². The summed E-state index contributed by atoms with van der Waals surface area (Å²) in [5.41, 5.74) is 18.4. The molecule has 0 bridgehead atoms. The van der Waals surface area contributed by atoms with Crippen molar-refractivity contribution in [3.05, 3.63) is 217 Å². The second kappa shape index (κ2) is 13.6. The van der Waals surface area contributed by atoms with Crippen LogP contribution in [0, 0.1) is 0 Å². The van der Waals surface area contributed by atoms with E-state index in [-0.39, 0.29) is 5.41 Å². The van der Waals surface area contributed by atoms with E-state index < -0.39 is 0 Å². The van der Waals surface area contributed by atoms with Crippen LogP contribution in [0.4, 0.5) is 17.1 Å². The van der Waals surface area contributed by atoms with Gasteiger partial charge in [-0.3, -0.25) is 0 Å². The van der Waals surface area contributed by atoms with Gasteiger partial charge in [0.15, 0.2) is 0 Å². The molecule has 0 N–H and O–H groups in total. The summed E-state index contributed by atoms with van der Waals surface area (Å²) in [7, 11) is 0. The second-order valence-corrected chi connectivity index (χ2v) is 16.8. The van der Waals surface area contributed by atoms with Crippen LogP contribution in [0.2, 0.25) is 0 Å². The molecular weight excluding hydrogens is 721 g/mol. The molecule has 11 rings (SSSR count). The third-order valence-electron chi connectivity index (χ3n) is 12.0. The van der Waals surface area contributed by atoms with Crippen LogP contribution in [-0.2, 0) is 5.41 Å². The van der Waals surface area contributed by atoms with Gasteiger partial charge in [0.1, 0.15) is 0 Å². The molecule has 0 spiro atoms. The molecule has 0 saturated heterocycles. The summed E-state index contributed by atoms with van der Waals surface area (Å²) in [6.07, 6.45) is 0. The van der Waals surface area contributed by atoms with Crippen LogP contribution >= 0.6 is 11.3 Å². The molecule has 1 aliphatic rings. The highest BCUT2D eigenvalue weighted by Crippen LogP contribution is 2.51. The molecule has 2 nitrogen and oxygen atoms in total. The summed E-state index contributed by atoms with van der Waals surface area (Å²) in [5, 5.41) is 1.28. The molecule has 276 valence electrons. The topological polar surface area (TPSA) is 8.17 Å². The van der Waals surface area contributed by atoms with E-state index in [0.717, 1.165) is 17.1 Å². The fourth-order valence-electron chi connectivity index (χ4n) is 9.07. The van der Waals surface area contributed by atoms with Gasteiger partial charge in [-0.2, -0.15) is 0 Å². The third-order valence-corrected chi connectivity index (χ3v) is 13.3. The van der Waals surface area contributed by atoms with Gasteiger partial charge in [-0.1, -0.05) is 159 Å². The number of para-hydroxylation sites is 1. The summed E-state index contributed by atoms with van der Waals surface area (Å²) in [5.74, 6) is 0. The molecule has 0 amide bonds. The standard InChI is InChI=1S/C55H40N2S/c1-55(2)49-19-11-9-17-46(49)47-34-33-45(35-50(47)55)56(42-27-21-39(22-28-42)37-13-5-3-6-14-37)43-31-25-41(26-32-43)53-36-52-54(58-53)48-18-10-12-20-51(48)57(52)44-29-23-40(24-30-44)38-15-7-4-8-16-38/h3-36H,1-2H3. The van der Waals surface area contributed by atoms with Crippen LogP contribution in [0.15, 0.2) is 206 Å². The van der Waals surface area contributed by atoms with E-state index in [1.54, 1.807) is 0 Å². The van der Waals surface area contributed by atoms with Crippen LogP contribution in [-0.4, -0.2) is 4.57 Å². The van der Waals surface area contributed by atoms with Gasteiger partial charge < -0.3 is 9.47 Å². The quantitative estimate of drug-likeness (QED) is 0.157. The number of anilines is 3. The Morgan fingerprint density at radius 2 is 0.931 bits per heavy atom. The van der Waals surface area contributed by atoms with Crippen LogP contribution < -0.4 is 4.90 Å². The van der Waals surface area contributed by atoms with Gasteiger partial charge in [-0.05, 0) is 111 Å². The lowest BCUT2D eigenvalue weighted by Crippen LogP contribution is -2.16. The van der Waals surface area contributed by atoms with Crippen molar-refractivity contribution in [1.82, 2.24) is 4.57 Å². The number of thiophene rings is 1. The summed E-state index contributed by atoms with van der Waals surface area (Å²) in [4.78, 5) is 3.66. The fraction of sp³-hybridized carbons (Fsp3) is 0.0545. The maximum atomic E-state index is 2.42. The average Bonchev–Trinajstić information content (AvgIpc) is 3.92. The minimum atomic E-state index is -0.0926. The first-order chi connectivity index (χ1) is 28.5. The molecule has 2 heterocycles. The number of hydrogen-bond acceptors (Lipinski definition) is 2. The van der Waals surface area contributed by atoms with Crippen molar-refractivity contribution in [2.75, 3.05) is 4.90 Å². The Morgan fingerprint density at radius 3 is 1.60 bits per heavy atom. The van der Waals surface area contributed by atoms with Gasteiger partial charge in [0.2, 0.25) is 0 Å². The molecule has 0 radical (unpaired) electrons. The fourth-order valence-corrected chi connectivity index (χ4v) is 10.3. The highest BCUT2D eigenvalue weighted by Gasteiger charge is 2.35. The van der Waals surface area contributed by atoms with Crippen molar-refractivity contribution in [3.63, 3.8) is 0 Å². The summed E-state index contributed by atoms with van der Waals surface area (Å²) in [6.45, 7) is 4.71. The van der Waals surface area contributed by atoms with Crippen molar-refractivity contribution < 1.29 is 0 Å². The van der Waals surface area contributed by atoms with Crippen LogP contribution in [0.3, 0.4) is 0 Å². The number of nitrogens with zero attached hydrogens (tertiary/aromatic N) is 2. The van der Waals surface area contributed by atoms with Crippen molar-refractivity contribution in [3.8, 4) is 49.5 Å². The maximum Gasteiger partial charge on any atom is 0.0655 e. The molecule has 58 heavy (non-hydrogen) atoms. The molecular formula is C55H40N2S. The number of rotatable bonds is 7. The monoisotopic (exact) mass is 760 g/mol. The Morgan fingerprint density at radius 1 is 0.414 bits per heavy atom. The Balaban J connectivity index is 0.988. The van der Waals surface area contributed by atoms with Gasteiger partial charge in [-0.25, -0.2) is 0 Å². The van der Waals surface area contributed by atoms with E-state index in [1.807, 2.05) is 11.3 Å². The molecule has 3 heteroatoms. The van der Waals surface area contributed by atoms with E-state index >= 15 is 0 Å². The van der Waals surface area contributed by atoms with Gasteiger partial charge in [0.25, 0.3) is 0 Å². The van der Waals surface area contributed by atoms with Gasteiger partial charge >= 0.3 is 0 Å². The lowest BCUT2D eigenvalue weighted by molar-refractivity contribution is 0.660. The van der Waals surface area contributed by atoms with E-state index in [9.17, 15) is 0 Å². The predicted octanol–water partition coefficient (Wildman–Crippen LogP) is 15.6. The number of hydrogen-bond donors (Lipinski definition) is 0. The Labute approximate surface area is 343 Å². The zero-order chi connectivity index (χ0) is 38.8. The van der Waals surface area contributed by atoms with Gasteiger partial charge in [0, 0.05) is 38.4 Å². The van der Waals surface area contributed by atoms with E-state index in [2.05, 4.69) is 230 Å². The highest BCUT2D eigenvalue weighted by atomic mass is 32.1. The molecule has 0 unspecified atom stereocenters. The third kappa shape index (κ3) is 5.62. The zero-order valence-corrected chi connectivity index (χ0v) is 33.2. The molecule has 0 fully saturated rings. The molecule has 2 aromatic heterocycles. The Bertz CT molecular complexity index is 3100. The van der Waals surface area contributed by atoms with E-state index in [4.69, 9.17) is 0 Å². The minimum absolute atomic E-state index is 0.0926. The molecule has 0 aliphatic heterocycles. The van der Waals surface area contributed by atoms with E-state index in [1.165, 1.54) is 81.8 Å². The molecule has 0 atom stereocenters. The molecule has 10 aromatic rings. The highest BCUT2D eigenvalue weighted by molar-refractivity contribution is 7.23. The van der Waals surface area contributed by atoms with Gasteiger partial charge in [0.05, 0.1) is 15.7 Å². The largest absolute Gasteiger partial charge is 0.310 e. The number of aromatic nitrogens is 1. The van der Waals surface area contributed by atoms with Gasteiger partial charge in [-0.15, -0.1) is 11.3 Å². The number of benzene rings is 8. The molecule has 8 aromatic carbocycles. The predicted molar refractivity (Wildman–Crippen MR) is 247 cm³/mol. The normalized spacial score (nSPS) is 12.8. The van der Waals surface area contributed by atoms with Crippen molar-refractivity contribution in [2.45, 2.75) is 19.3 Å². The Kier molecular flexibility index (Phi) is 8.06. The first-order valence-electron chi connectivity index (χ1n) is 20.0. The average molecular weight is 761 g/mol. The van der Waals surface area contributed by atoms with Crippen LogP contribution in [0.25, 0.3) is 70.6 Å². The summed E-state index contributed by atoms with van der Waals surface area (Å²) < 4.78 is 3.73. The summed E-state index contributed by atoms with van der Waals surface area (Å²) in [6, 6.07) is 75.4. The summed E-state index contributed by atoms with van der Waals surface area (Å²) >= 11 is 1.87. The van der Waals surface area contributed by atoms with E-state index in [0.29, 0.717) is 0 Å². The second-order valence-electron chi connectivity index (χ2n) is 15.8. The molecule has 0 saturated carbocycles.